The number of hydrogen-bond donors (Lipinski definition) is 1. The Kier molecular flexibility index (Phi) is 8.27. The third kappa shape index (κ3) is 7.07. The van der Waals surface area contributed by atoms with Crippen molar-refractivity contribution in [3.05, 3.63) is 35.9 Å². The van der Waals surface area contributed by atoms with Crippen LogP contribution in [-0.4, -0.2) is 68.2 Å². The first-order valence-electron chi connectivity index (χ1n) is 9.41. The van der Waals surface area contributed by atoms with Gasteiger partial charge in [-0.25, -0.2) is 4.79 Å². The predicted molar refractivity (Wildman–Crippen MR) is 98.2 cm³/mol. The Bertz CT molecular complexity index is 601. The van der Waals surface area contributed by atoms with Crippen LogP contribution >= 0.6 is 0 Å². The number of benzene rings is 1. The maximum absolute atomic E-state index is 10.6. The zero-order valence-corrected chi connectivity index (χ0v) is 16.1. The van der Waals surface area contributed by atoms with Gasteiger partial charge in [0.2, 0.25) is 0 Å². The normalized spacial score (nSPS) is 21.9. The van der Waals surface area contributed by atoms with Crippen molar-refractivity contribution < 1.29 is 32.5 Å². The smallest absolute Gasteiger partial charge is 0.475 e. The maximum Gasteiger partial charge on any atom is 0.490 e. The van der Waals surface area contributed by atoms with Gasteiger partial charge in [-0.3, -0.25) is 0 Å². The molecule has 0 aromatic heterocycles. The average molecular weight is 403 g/mol. The Morgan fingerprint density at radius 2 is 1.89 bits per heavy atom. The molecule has 8 heteroatoms. The van der Waals surface area contributed by atoms with E-state index in [-0.39, 0.29) is 0 Å². The summed E-state index contributed by atoms with van der Waals surface area (Å²) in [6.07, 6.45) is 0.152. The molecule has 0 amide bonds. The van der Waals surface area contributed by atoms with Gasteiger partial charge in [-0.15, -0.1) is 0 Å². The molecule has 0 aliphatic carbocycles. The van der Waals surface area contributed by atoms with Gasteiger partial charge in [0.15, 0.2) is 0 Å². The van der Waals surface area contributed by atoms with Gasteiger partial charge < -0.3 is 19.5 Å². The topological polar surface area (TPSA) is 59.0 Å². The van der Waals surface area contributed by atoms with Gasteiger partial charge in [-0.2, -0.15) is 13.2 Å². The number of aliphatic carboxylic acids is 1. The molecule has 0 bridgehead atoms. The molecule has 2 saturated heterocycles. The van der Waals surface area contributed by atoms with Crippen LogP contribution < -0.4 is 0 Å². The lowest BCUT2D eigenvalue weighted by Crippen LogP contribution is -2.41. The number of methoxy groups -OCH3 is 1. The molecule has 5 nitrogen and oxygen atoms in total. The lowest BCUT2D eigenvalue weighted by atomic mass is 9.76. The van der Waals surface area contributed by atoms with Crippen LogP contribution in [0.1, 0.15) is 24.8 Å². The van der Waals surface area contributed by atoms with E-state index in [9.17, 15) is 13.2 Å². The van der Waals surface area contributed by atoms with Gasteiger partial charge >= 0.3 is 12.1 Å². The van der Waals surface area contributed by atoms with E-state index >= 15 is 0 Å². The van der Waals surface area contributed by atoms with Crippen LogP contribution in [0.3, 0.4) is 0 Å². The highest BCUT2D eigenvalue weighted by Crippen LogP contribution is 2.41. The molecule has 2 aliphatic rings. The lowest BCUT2D eigenvalue weighted by Gasteiger charge is -2.38. The van der Waals surface area contributed by atoms with Crippen LogP contribution in [0.25, 0.3) is 0 Å². The third-order valence-electron chi connectivity index (χ3n) is 5.36. The second-order valence-corrected chi connectivity index (χ2v) is 7.47. The highest BCUT2D eigenvalue weighted by molar-refractivity contribution is 5.73. The number of ether oxygens (including phenoxy) is 2. The zero-order chi connectivity index (χ0) is 20.6. The van der Waals surface area contributed by atoms with Gasteiger partial charge in [0.05, 0.1) is 19.3 Å². The molecule has 1 atom stereocenters. The van der Waals surface area contributed by atoms with Crippen LogP contribution in [0, 0.1) is 5.41 Å². The van der Waals surface area contributed by atoms with Crippen LogP contribution in [0.15, 0.2) is 30.3 Å². The van der Waals surface area contributed by atoms with Crippen LogP contribution in [-0.2, 0) is 20.7 Å². The first kappa shape index (κ1) is 22.6. The summed E-state index contributed by atoms with van der Waals surface area (Å²) < 4.78 is 42.9. The van der Waals surface area contributed by atoms with E-state index in [0.717, 1.165) is 19.6 Å². The molecule has 2 heterocycles. The summed E-state index contributed by atoms with van der Waals surface area (Å²) >= 11 is 0. The Hall–Kier alpha value is -1.64. The largest absolute Gasteiger partial charge is 0.490 e. The molecule has 1 aromatic carbocycles. The van der Waals surface area contributed by atoms with Crippen molar-refractivity contribution in [2.75, 3.05) is 40.0 Å². The standard InChI is InChI=1S/C18H27NO2.C2HF3O2/c1-20-14-17-13-18(15-21-17)8-11-19(12-9-18)10-7-16-5-3-2-4-6-16;3-2(4,5)1(6)7/h2-6,17H,7-15H2,1H3;(H,6,7). The molecule has 28 heavy (non-hydrogen) atoms. The van der Waals surface area contributed by atoms with Gasteiger partial charge in [0.1, 0.15) is 0 Å². The first-order chi connectivity index (χ1) is 13.2. The number of carboxylic acid groups (broad SMARTS) is 1. The molecular weight excluding hydrogens is 375 g/mol. The van der Waals surface area contributed by atoms with E-state index in [0.29, 0.717) is 11.5 Å². The number of likely N-dealkylation sites (tertiary alicyclic amines) is 1. The van der Waals surface area contributed by atoms with Gasteiger partial charge in [0.25, 0.3) is 0 Å². The number of piperidine rings is 1. The van der Waals surface area contributed by atoms with E-state index in [2.05, 4.69) is 35.2 Å². The summed E-state index contributed by atoms with van der Waals surface area (Å²) in [4.78, 5) is 11.5. The summed E-state index contributed by atoms with van der Waals surface area (Å²) in [5.41, 5.74) is 1.88. The minimum absolute atomic E-state index is 0.325. The summed E-state index contributed by atoms with van der Waals surface area (Å²) in [7, 11) is 1.76. The number of nitrogens with zero attached hydrogens (tertiary/aromatic N) is 1. The van der Waals surface area contributed by atoms with E-state index in [1.54, 1.807) is 7.11 Å². The summed E-state index contributed by atoms with van der Waals surface area (Å²) in [5.74, 6) is -2.76. The van der Waals surface area contributed by atoms with Gasteiger partial charge in [-0.05, 0) is 49.8 Å². The highest BCUT2D eigenvalue weighted by Gasteiger charge is 2.42. The number of carboxylic acids is 1. The Morgan fingerprint density at radius 3 is 2.43 bits per heavy atom. The van der Waals surface area contributed by atoms with Gasteiger partial charge in [0, 0.05) is 13.7 Å². The van der Waals surface area contributed by atoms with E-state index < -0.39 is 12.1 Å². The number of halogens is 3. The average Bonchev–Trinajstić information content (AvgIpc) is 3.05. The maximum atomic E-state index is 10.6. The fourth-order valence-electron chi connectivity index (χ4n) is 3.72. The number of rotatable bonds is 5. The van der Waals surface area contributed by atoms with Crippen molar-refractivity contribution in [3.8, 4) is 0 Å². The van der Waals surface area contributed by atoms with Crippen LogP contribution in [0.5, 0.6) is 0 Å². The van der Waals surface area contributed by atoms with Crippen molar-refractivity contribution >= 4 is 5.97 Å². The van der Waals surface area contributed by atoms with Crippen molar-refractivity contribution in [1.82, 2.24) is 4.90 Å². The lowest BCUT2D eigenvalue weighted by molar-refractivity contribution is -0.192. The fourth-order valence-corrected chi connectivity index (χ4v) is 3.72. The molecule has 0 radical (unpaired) electrons. The van der Waals surface area contributed by atoms with Crippen molar-refractivity contribution in [3.63, 3.8) is 0 Å². The minimum atomic E-state index is -5.08. The van der Waals surface area contributed by atoms with E-state index in [4.69, 9.17) is 19.4 Å². The third-order valence-corrected chi connectivity index (χ3v) is 5.36. The first-order valence-corrected chi connectivity index (χ1v) is 9.41. The number of alkyl halides is 3. The minimum Gasteiger partial charge on any atom is -0.475 e. The number of hydrogen-bond acceptors (Lipinski definition) is 4. The predicted octanol–water partition coefficient (Wildman–Crippen LogP) is 3.38. The second kappa shape index (κ2) is 10.2. The highest BCUT2D eigenvalue weighted by atomic mass is 19.4. The second-order valence-electron chi connectivity index (χ2n) is 7.47. The van der Waals surface area contributed by atoms with Crippen LogP contribution in [0.4, 0.5) is 13.2 Å². The SMILES string of the molecule is COCC1CC2(CCN(CCc3ccccc3)CC2)CO1.O=C(O)C(F)(F)F. The molecule has 2 fully saturated rings. The van der Waals surface area contributed by atoms with Gasteiger partial charge in [-0.1, -0.05) is 30.3 Å². The summed E-state index contributed by atoms with van der Waals surface area (Å²) in [6, 6.07) is 10.8. The monoisotopic (exact) mass is 403 g/mol. The molecule has 1 unspecified atom stereocenters. The summed E-state index contributed by atoms with van der Waals surface area (Å²) in [5, 5.41) is 7.12. The van der Waals surface area contributed by atoms with Crippen molar-refractivity contribution in [2.24, 2.45) is 5.41 Å². The molecule has 158 valence electrons. The molecule has 2 aliphatic heterocycles. The molecule has 3 rings (SSSR count). The Morgan fingerprint density at radius 1 is 1.29 bits per heavy atom. The van der Waals surface area contributed by atoms with Crippen LogP contribution in [0.2, 0.25) is 0 Å². The molecule has 0 saturated carbocycles. The molecule has 1 N–H and O–H groups in total. The Labute approximate surface area is 163 Å². The molecule has 1 aromatic rings. The van der Waals surface area contributed by atoms with E-state index in [1.165, 1.54) is 44.5 Å². The summed E-state index contributed by atoms with van der Waals surface area (Å²) in [6.45, 7) is 5.31. The fraction of sp³-hybridized carbons (Fsp3) is 0.650. The molecular formula is C20H28F3NO4. The van der Waals surface area contributed by atoms with Crippen molar-refractivity contribution in [1.29, 1.82) is 0 Å². The molecule has 1 spiro atoms. The number of carbonyl (C=O) groups is 1. The Balaban J connectivity index is 0.000000345. The quantitative estimate of drug-likeness (QED) is 0.817. The zero-order valence-electron chi connectivity index (χ0n) is 16.1. The van der Waals surface area contributed by atoms with E-state index in [1.807, 2.05) is 0 Å². The van der Waals surface area contributed by atoms with Crippen molar-refractivity contribution in [2.45, 2.75) is 38.0 Å².